The normalized spacial score (nSPS) is 11.5. The number of esters is 1. The van der Waals surface area contributed by atoms with Gasteiger partial charge in [0.25, 0.3) is 0 Å². The number of imidazole rings is 1. The molecule has 5 heteroatoms. The first-order chi connectivity index (χ1) is 8.05. The Morgan fingerprint density at radius 1 is 1.53 bits per heavy atom. The number of aromatic nitrogens is 2. The van der Waals surface area contributed by atoms with Gasteiger partial charge in [-0.25, -0.2) is 4.98 Å². The number of hydrogen-bond donors (Lipinski definition) is 1. The molecule has 4 nitrogen and oxygen atoms in total. The summed E-state index contributed by atoms with van der Waals surface area (Å²) in [6.07, 6.45) is 1.74. The van der Waals surface area contributed by atoms with E-state index in [-0.39, 0.29) is 5.97 Å². The first-order valence-corrected chi connectivity index (χ1v) is 6.11. The van der Waals surface area contributed by atoms with Crippen molar-refractivity contribution in [3.8, 4) is 10.6 Å². The molecule has 0 unspecified atom stereocenters. The molecule has 0 aliphatic rings. The third-order valence-corrected chi connectivity index (χ3v) is 3.55. The highest BCUT2D eigenvalue weighted by atomic mass is 32.1. The lowest BCUT2D eigenvalue weighted by atomic mass is 9.93. The van der Waals surface area contributed by atoms with E-state index in [1.54, 1.807) is 31.4 Å². The molecular weight excluding hydrogens is 236 g/mol. The summed E-state index contributed by atoms with van der Waals surface area (Å²) in [5.41, 5.74) is 0.163. The van der Waals surface area contributed by atoms with Crippen LogP contribution in [0.15, 0.2) is 23.7 Å². The van der Waals surface area contributed by atoms with E-state index >= 15 is 0 Å². The minimum absolute atomic E-state index is 0.301. The Balaban J connectivity index is 2.33. The van der Waals surface area contributed by atoms with Gasteiger partial charge >= 0.3 is 5.97 Å². The topological polar surface area (TPSA) is 55.0 Å². The molecule has 0 aliphatic carbocycles. The lowest BCUT2D eigenvalue weighted by molar-refractivity contribution is -0.146. The number of ether oxygens (including phenoxy) is 1. The fourth-order valence-corrected chi connectivity index (χ4v) is 2.24. The molecule has 0 fully saturated rings. The van der Waals surface area contributed by atoms with Crippen molar-refractivity contribution in [2.75, 3.05) is 7.11 Å². The summed E-state index contributed by atoms with van der Waals surface area (Å²) in [7, 11) is 1.38. The van der Waals surface area contributed by atoms with E-state index in [9.17, 15) is 4.79 Å². The van der Waals surface area contributed by atoms with Crippen molar-refractivity contribution in [2.45, 2.75) is 19.3 Å². The van der Waals surface area contributed by atoms with Crippen LogP contribution in [-0.2, 0) is 14.9 Å². The minimum Gasteiger partial charge on any atom is -0.468 e. The van der Waals surface area contributed by atoms with E-state index in [1.165, 1.54) is 7.11 Å². The lowest BCUT2D eigenvalue weighted by Gasteiger charge is -2.18. The van der Waals surface area contributed by atoms with E-state index in [0.29, 0.717) is 5.82 Å². The summed E-state index contributed by atoms with van der Waals surface area (Å²) in [5.74, 6) is 0.317. The molecule has 2 heterocycles. The maximum atomic E-state index is 11.7. The molecule has 2 aromatic heterocycles. The second-order valence-corrected chi connectivity index (χ2v) is 5.19. The molecule has 2 aromatic rings. The highest BCUT2D eigenvalue weighted by Gasteiger charge is 2.34. The Morgan fingerprint density at radius 2 is 2.29 bits per heavy atom. The van der Waals surface area contributed by atoms with Crippen LogP contribution in [0.2, 0.25) is 0 Å². The molecule has 0 amide bonds. The molecule has 2 rings (SSSR count). The smallest absolute Gasteiger partial charge is 0.318 e. The number of carbonyl (C=O) groups is 1. The lowest BCUT2D eigenvalue weighted by Crippen LogP contribution is -2.31. The summed E-state index contributed by atoms with van der Waals surface area (Å²) in [5, 5.41) is 2.00. The third kappa shape index (κ3) is 2.10. The number of nitrogens with zero attached hydrogens (tertiary/aromatic N) is 1. The molecule has 1 N–H and O–H groups in total. The van der Waals surface area contributed by atoms with Crippen molar-refractivity contribution in [2.24, 2.45) is 0 Å². The van der Waals surface area contributed by atoms with E-state index in [4.69, 9.17) is 4.74 Å². The van der Waals surface area contributed by atoms with Gasteiger partial charge in [0.05, 0.1) is 23.9 Å². The van der Waals surface area contributed by atoms with Gasteiger partial charge in [0, 0.05) is 0 Å². The van der Waals surface area contributed by atoms with Gasteiger partial charge in [0.1, 0.15) is 11.2 Å². The van der Waals surface area contributed by atoms with Crippen LogP contribution in [0.5, 0.6) is 0 Å². The molecule has 90 valence electrons. The van der Waals surface area contributed by atoms with Gasteiger partial charge in [-0.15, -0.1) is 11.3 Å². The van der Waals surface area contributed by atoms with Crippen LogP contribution in [0.25, 0.3) is 10.6 Å². The van der Waals surface area contributed by atoms with Crippen molar-refractivity contribution in [1.82, 2.24) is 9.97 Å². The number of aromatic amines is 1. The van der Waals surface area contributed by atoms with Crippen LogP contribution >= 0.6 is 11.3 Å². The molecule has 0 saturated carbocycles. The third-order valence-electron chi connectivity index (χ3n) is 2.65. The quantitative estimate of drug-likeness (QED) is 0.852. The van der Waals surface area contributed by atoms with Gasteiger partial charge in [0.15, 0.2) is 0 Å². The zero-order valence-electron chi connectivity index (χ0n) is 9.98. The fraction of sp³-hybridized carbons (Fsp3) is 0.333. The molecule has 0 bridgehead atoms. The predicted octanol–water partition coefficient (Wildman–Crippen LogP) is 2.59. The highest BCUT2D eigenvalue weighted by molar-refractivity contribution is 7.13. The van der Waals surface area contributed by atoms with Gasteiger partial charge in [-0.2, -0.15) is 0 Å². The largest absolute Gasteiger partial charge is 0.468 e. The minimum atomic E-state index is -0.760. The molecule has 0 aromatic carbocycles. The van der Waals surface area contributed by atoms with Gasteiger partial charge < -0.3 is 9.72 Å². The van der Waals surface area contributed by atoms with Crippen LogP contribution < -0.4 is 0 Å². The van der Waals surface area contributed by atoms with Gasteiger partial charge in [-0.3, -0.25) is 4.79 Å². The summed E-state index contributed by atoms with van der Waals surface area (Å²) in [6.45, 7) is 3.58. The second kappa shape index (κ2) is 4.33. The molecule has 0 radical (unpaired) electrons. The SMILES string of the molecule is COC(=O)C(C)(C)c1ncc(-c2cccs2)[nH]1. The van der Waals surface area contributed by atoms with Crippen LogP contribution in [0.4, 0.5) is 0 Å². The average molecular weight is 250 g/mol. The van der Waals surface area contributed by atoms with E-state index in [2.05, 4.69) is 9.97 Å². The van der Waals surface area contributed by atoms with Crippen molar-refractivity contribution >= 4 is 17.3 Å². The molecule has 17 heavy (non-hydrogen) atoms. The maximum Gasteiger partial charge on any atom is 0.318 e. The first-order valence-electron chi connectivity index (χ1n) is 5.23. The number of rotatable bonds is 3. The summed E-state index contributed by atoms with van der Waals surface area (Å²) in [6, 6.07) is 3.99. The Morgan fingerprint density at radius 3 is 2.88 bits per heavy atom. The summed E-state index contributed by atoms with van der Waals surface area (Å²) >= 11 is 1.63. The van der Waals surface area contributed by atoms with E-state index in [0.717, 1.165) is 10.6 Å². The number of methoxy groups -OCH3 is 1. The van der Waals surface area contributed by atoms with Crippen LogP contribution in [0, 0.1) is 0 Å². The van der Waals surface area contributed by atoms with Crippen LogP contribution in [0.1, 0.15) is 19.7 Å². The second-order valence-electron chi connectivity index (χ2n) is 4.24. The monoisotopic (exact) mass is 250 g/mol. The Hall–Kier alpha value is -1.62. The fourth-order valence-electron chi connectivity index (χ4n) is 1.55. The van der Waals surface area contributed by atoms with Crippen molar-refractivity contribution < 1.29 is 9.53 Å². The number of H-pyrrole nitrogens is 1. The zero-order chi connectivity index (χ0) is 12.5. The number of carbonyl (C=O) groups excluding carboxylic acids is 1. The van der Waals surface area contributed by atoms with E-state index < -0.39 is 5.41 Å². The van der Waals surface area contributed by atoms with Crippen molar-refractivity contribution in [1.29, 1.82) is 0 Å². The first kappa shape index (κ1) is 11.9. The van der Waals surface area contributed by atoms with Crippen molar-refractivity contribution in [3.05, 3.63) is 29.5 Å². The molecule has 0 saturated heterocycles. The van der Waals surface area contributed by atoms with Crippen LogP contribution in [0.3, 0.4) is 0 Å². The Kier molecular flexibility index (Phi) is 3.02. The maximum absolute atomic E-state index is 11.7. The molecule has 0 atom stereocenters. The molecule has 0 aliphatic heterocycles. The summed E-state index contributed by atoms with van der Waals surface area (Å²) < 4.78 is 4.77. The average Bonchev–Trinajstić information content (AvgIpc) is 2.97. The van der Waals surface area contributed by atoms with Crippen molar-refractivity contribution in [3.63, 3.8) is 0 Å². The predicted molar refractivity (Wildman–Crippen MR) is 66.9 cm³/mol. The van der Waals surface area contributed by atoms with Gasteiger partial charge in [-0.05, 0) is 25.3 Å². The van der Waals surface area contributed by atoms with Gasteiger partial charge in [0.2, 0.25) is 0 Å². The zero-order valence-corrected chi connectivity index (χ0v) is 10.8. The number of nitrogens with one attached hydrogen (secondary N) is 1. The number of hydrogen-bond acceptors (Lipinski definition) is 4. The highest BCUT2D eigenvalue weighted by Crippen LogP contribution is 2.27. The Bertz CT molecular complexity index is 514. The Labute approximate surface area is 104 Å². The standard InChI is InChI=1S/C12H14N2O2S/c1-12(2,11(15)16-3)10-13-7-8(14-10)9-5-4-6-17-9/h4-7H,1-3H3,(H,13,14). The number of thiophene rings is 1. The van der Waals surface area contributed by atoms with E-state index in [1.807, 2.05) is 17.5 Å². The van der Waals surface area contributed by atoms with Crippen LogP contribution in [-0.4, -0.2) is 23.0 Å². The van der Waals surface area contributed by atoms with Gasteiger partial charge in [-0.1, -0.05) is 6.07 Å². The molecule has 0 spiro atoms. The summed E-state index contributed by atoms with van der Waals surface area (Å²) in [4.78, 5) is 20.2. The molecular formula is C12H14N2O2S.